The molecule has 1 nitrogen and oxygen atoms in total. The lowest BCUT2D eigenvalue weighted by Gasteiger charge is -2.37. The van der Waals surface area contributed by atoms with E-state index in [0.717, 1.165) is 16.9 Å². The molecule has 1 aliphatic rings. The molecule has 9 rings (SSSR count). The monoisotopic (exact) mass is 817 g/mol. The molecule has 0 heterocycles. The van der Waals surface area contributed by atoms with Crippen molar-refractivity contribution in [1.82, 2.24) is 0 Å². The van der Waals surface area contributed by atoms with Gasteiger partial charge in [0, 0.05) is 16.9 Å². The van der Waals surface area contributed by atoms with Gasteiger partial charge in [-0.2, -0.15) is 0 Å². The highest BCUT2D eigenvalue weighted by Gasteiger charge is 2.49. The Bertz CT molecular complexity index is 2800. The molecule has 0 N–H and O–H groups in total. The van der Waals surface area contributed by atoms with Crippen LogP contribution in [0, 0.1) is 0 Å². The first kappa shape index (κ1) is 41.6. The molecule has 8 aromatic rings. The number of fused-ring (bicyclic) bond motifs is 3. The zero-order valence-corrected chi connectivity index (χ0v) is 38.2. The van der Waals surface area contributed by atoms with Gasteiger partial charge in [0.05, 0.1) is 11.1 Å². The minimum absolute atomic E-state index is 0.0593. The smallest absolute Gasteiger partial charge is 0.0714 e. The first-order chi connectivity index (χ1) is 30.3. The molecule has 0 aliphatic heterocycles. The van der Waals surface area contributed by atoms with Gasteiger partial charge in [-0.3, -0.25) is 0 Å². The predicted molar refractivity (Wildman–Crippen MR) is 271 cm³/mol. The molecule has 0 bridgehead atoms. The predicted octanol–water partition coefficient (Wildman–Crippen LogP) is 17.2. The van der Waals surface area contributed by atoms with Gasteiger partial charge in [0.2, 0.25) is 0 Å². The van der Waals surface area contributed by atoms with Crippen LogP contribution in [-0.4, -0.2) is 0 Å². The maximum Gasteiger partial charge on any atom is 0.0714 e. The molecule has 0 saturated carbocycles. The first-order valence-corrected chi connectivity index (χ1v) is 22.6. The van der Waals surface area contributed by atoms with Gasteiger partial charge in [-0.1, -0.05) is 226 Å². The van der Waals surface area contributed by atoms with Crippen LogP contribution in [0.25, 0.3) is 39.5 Å². The Morgan fingerprint density at radius 2 is 0.937 bits per heavy atom. The quantitative estimate of drug-likeness (QED) is 0.140. The van der Waals surface area contributed by atoms with Gasteiger partial charge < -0.3 is 4.90 Å². The molecule has 0 amide bonds. The largest absolute Gasteiger partial charge is 0.310 e. The van der Waals surface area contributed by atoms with Crippen LogP contribution >= 0.6 is 0 Å². The fraction of sp³-hybridized carbons (Fsp3) is 0.194. The van der Waals surface area contributed by atoms with E-state index in [1.807, 2.05) is 6.08 Å². The molecule has 0 radical (unpaired) electrons. The van der Waals surface area contributed by atoms with E-state index in [9.17, 15) is 0 Å². The highest BCUT2D eigenvalue weighted by molar-refractivity contribution is 5.98. The third-order valence-electron chi connectivity index (χ3n) is 13.2. The molecule has 0 spiro atoms. The van der Waals surface area contributed by atoms with E-state index in [2.05, 4.69) is 255 Å². The fourth-order valence-corrected chi connectivity index (χ4v) is 9.57. The maximum absolute atomic E-state index is 4.14. The molecular formula is C62H59N. The van der Waals surface area contributed by atoms with E-state index in [0.29, 0.717) is 5.92 Å². The van der Waals surface area contributed by atoms with Crippen molar-refractivity contribution in [2.75, 3.05) is 4.90 Å². The minimum Gasteiger partial charge on any atom is -0.310 e. The molecule has 8 aromatic carbocycles. The second-order valence-corrected chi connectivity index (χ2v) is 19.7. The van der Waals surface area contributed by atoms with Crippen molar-refractivity contribution >= 4 is 23.1 Å². The van der Waals surface area contributed by atoms with Crippen LogP contribution in [0.15, 0.2) is 195 Å². The molecule has 0 fully saturated rings. The SMILES string of the molecule is C=Cc1ccc(C2(c3ccc(C(C)C)cc3)c3cc(C(C)(C)C)ccc3-c3c(N(c4ccc(-c5ccccc5)cc4)c4ccc(-c5ccccc5)cc4)cc(C(C)(C)C)cc32)cc1. The average Bonchev–Trinajstić information content (AvgIpc) is 3.60. The van der Waals surface area contributed by atoms with Crippen LogP contribution in [0.2, 0.25) is 0 Å². The van der Waals surface area contributed by atoms with Gasteiger partial charge in [-0.15, -0.1) is 0 Å². The summed E-state index contributed by atoms with van der Waals surface area (Å²) >= 11 is 0. The van der Waals surface area contributed by atoms with Crippen LogP contribution in [0.1, 0.15) is 106 Å². The van der Waals surface area contributed by atoms with Gasteiger partial charge in [0.1, 0.15) is 0 Å². The van der Waals surface area contributed by atoms with Gasteiger partial charge >= 0.3 is 0 Å². The van der Waals surface area contributed by atoms with E-state index in [4.69, 9.17) is 0 Å². The molecule has 63 heavy (non-hydrogen) atoms. The Labute approximate surface area is 376 Å². The Hall–Kier alpha value is -6.70. The van der Waals surface area contributed by atoms with Crippen LogP contribution in [-0.2, 0) is 16.2 Å². The second-order valence-electron chi connectivity index (χ2n) is 19.7. The molecular weight excluding hydrogens is 759 g/mol. The number of rotatable bonds is 9. The van der Waals surface area contributed by atoms with Crippen molar-refractivity contribution in [1.29, 1.82) is 0 Å². The minimum atomic E-state index is -0.614. The maximum atomic E-state index is 4.14. The topological polar surface area (TPSA) is 3.24 Å². The van der Waals surface area contributed by atoms with Gasteiger partial charge in [0.15, 0.2) is 0 Å². The summed E-state index contributed by atoms with van der Waals surface area (Å²) in [5.41, 5.74) is 20.1. The first-order valence-electron chi connectivity index (χ1n) is 22.6. The Morgan fingerprint density at radius 3 is 1.40 bits per heavy atom. The molecule has 0 saturated heterocycles. The zero-order chi connectivity index (χ0) is 44.1. The van der Waals surface area contributed by atoms with Crippen molar-refractivity contribution in [2.24, 2.45) is 0 Å². The fourth-order valence-electron chi connectivity index (χ4n) is 9.57. The summed E-state index contributed by atoms with van der Waals surface area (Å²) in [6, 6.07) is 70.7. The summed E-state index contributed by atoms with van der Waals surface area (Å²) in [7, 11) is 0. The molecule has 1 heteroatoms. The third kappa shape index (κ3) is 7.54. The summed E-state index contributed by atoms with van der Waals surface area (Å²) in [4.78, 5) is 2.51. The van der Waals surface area contributed by atoms with Crippen molar-refractivity contribution in [3.05, 3.63) is 239 Å². The number of benzene rings is 8. The van der Waals surface area contributed by atoms with Crippen LogP contribution in [0.3, 0.4) is 0 Å². The standard InChI is InChI=1S/C62H59N/c1-10-43-21-29-49(30-22-43)62(50-31-23-44(24-32-50)42(2)3)56-39-51(60(4,5)6)33-38-55(56)59-57(62)40-52(61(7,8)9)41-58(59)63(53-34-25-47(26-35-53)45-17-13-11-14-18-45)54-36-27-48(28-37-54)46-19-15-12-16-20-46/h10-42H,1H2,2-9H3. The van der Waals surface area contributed by atoms with E-state index in [-0.39, 0.29) is 10.8 Å². The molecule has 312 valence electrons. The Kier molecular flexibility index (Phi) is 10.7. The summed E-state index contributed by atoms with van der Waals surface area (Å²) in [5.74, 6) is 0.423. The molecule has 0 aromatic heterocycles. The third-order valence-corrected chi connectivity index (χ3v) is 13.2. The highest BCUT2D eigenvalue weighted by Crippen LogP contribution is 2.61. The van der Waals surface area contributed by atoms with E-state index >= 15 is 0 Å². The summed E-state index contributed by atoms with van der Waals surface area (Å²) in [6.45, 7) is 22.7. The Balaban J connectivity index is 1.40. The summed E-state index contributed by atoms with van der Waals surface area (Å²) in [6.07, 6.45) is 1.95. The van der Waals surface area contributed by atoms with Crippen molar-refractivity contribution in [2.45, 2.75) is 77.6 Å². The average molecular weight is 818 g/mol. The number of hydrogen-bond acceptors (Lipinski definition) is 1. The van der Waals surface area contributed by atoms with Crippen molar-refractivity contribution < 1.29 is 0 Å². The molecule has 1 aliphatic carbocycles. The van der Waals surface area contributed by atoms with Crippen LogP contribution in [0.5, 0.6) is 0 Å². The van der Waals surface area contributed by atoms with Gasteiger partial charge in [0.25, 0.3) is 0 Å². The summed E-state index contributed by atoms with van der Waals surface area (Å²) < 4.78 is 0. The van der Waals surface area contributed by atoms with E-state index in [1.54, 1.807) is 0 Å². The van der Waals surface area contributed by atoms with E-state index < -0.39 is 5.41 Å². The summed E-state index contributed by atoms with van der Waals surface area (Å²) in [5, 5.41) is 0. The van der Waals surface area contributed by atoms with Gasteiger partial charge in [-0.25, -0.2) is 0 Å². The van der Waals surface area contributed by atoms with Crippen LogP contribution in [0.4, 0.5) is 17.1 Å². The van der Waals surface area contributed by atoms with E-state index in [1.165, 1.54) is 78.0 Å². The van der Waals surface area contributed by atoms with Crippen molar-refractivity contribution in [3.63, 3.8) is 0 Å². The Morgan fingerprint density at radius 1 is 0.476 bits per heavy atom. The lowest BCUT2D eigenvalue weighted by atomic mass is 9.66. The highest BCUT2D eigenvalue weighted by atomic mass is 15.1. The second kappa shape index (κ2) is 16.2. The lowest BCUT2D eigenvalue weighted by molar-refractivity contribution is 0.586. The number of anilines is 3. The van der Waals surface area contributed by atoms with Crippen LogP contribution < -0.4 is 4.90 Å². The zero-order valence-electron chi connectivity index (χ0n) is 38.2. The molecule has 1 atom stereocenters. The molecule has 1 unspecified atom stereocenters. The number of hydrogen-bond donors (Lipinski definition) is 0. The normalized spacial score (nSPS) is 14.6. The van der Waals surface area contributed by atoms with Gasteiger partial charge in [-0.05, 0) is 119 Å². The lowest BCUT2D eigenvalue weighted by Crippen LogP contribution is -2.30. The number of nitrogens with zero attached hydrogens (tertiary/aromatic N) is 1. The van der Waals surface area contributed by atoms with Crippen molar-refractivity contribution in [3.8, 4) is 33.4 Å².